The van der Waals surface area contributed by atoms with Gasteiger partial charge in [0.2, 0.25) is 0 Å². The highest BCUT2D eigenvalue weighted by Crippen LogP contribution is 2.24. The summed E-state index contributed by atoms with van der Waals surface area (Å²) < 4.78 is 5.23. The number of carbonyl (C=O) groups excluding carboxylic acids is 1. The molecule has 1 aliphatic rings. The average Bonchev–Trinajstić information content (AvgIpc) is 2.93. The smallest absolute Gasteiger partial charge is 0.277 e. The Morgan fingerprint density at radius 1 is 1.56 bits per heavy atom. The van der Waals surface area contributed by atoms with E-state index in [4.69, 9.17) is 16.6 Å². The van der Waals surface area contributed by atoms with Crippen molar-refractivity contribution in [2.24, 2.45) is 0 Å². The lowest BCUT2D eigenvalue weighted by Gasteiger charge is -2.22. The first-order valence-electron chi connectivity index (χ1n) is 5.92. The maximum Gasteiger partial charge on any atom is 0.277 e. The van der Waals surface area contributed by atoms with Crippen molar-refractivity contribution in [2.75, 3.05) is 7.05 Å². The lowest BCUT2D eigenvalue weighted by Crippen LogP contribution is -2.38. The maximum absolute atomic E-state index is 12.3. The van der Waals surface area contributed by atoms with Crippen molar-refractivity contribution in [3.05, 3.63) is 29.9 Å². The van der Waals surface area contributed by atoms with Gasteiger partial charge in [-0.15, -0.1) is 0 Å². The highest BCUT2D eigenvalue weighted by Gasteiger charge is 2.38. The molecule has 2 rings (SSSR count). The number of amides is 1. The zero-order valence-electron chi connectivity index (χ0n) is 10.7. The SMILES string of the molecule is CC[C@@H](C)N1C(=O)/C(=C\c2ccco2)N(C)C1=S. The Bertz CT molecular complexity index is 493. The molecule has 1 saturated heterocycles. The molecular weight excluding hydrogens is 248 g/mol. The molecule has 0 radical (unpaired) electrons. The fourth-order valence-corrected chi connectivity index (χ4v) is 2.22. The molecule has 0 spiro atoms. The van der Waals surface area contributed by atoms with Crippen LogP contribution in [-0.4, -0.2) is 33.9 Å². The van der Waals surface area contributed by atoms with Crippen molar-refractivity contribution < 1.29 is 9.21 Å². The van der Waals surface area contributed by atoms with Crippen LogP contribution in [0.4, 0.5) is 0 Å². The predicted octanol–water partition coefficient (Wildman–Crippen LogP) is 2.48. The quantitative estimate of drug-likeness (QED) is 0.621. The molecule has 4 nitrogen and oxygen atoms in total. The molecular formula is C13H16N2O2S. The predicted molar refractivity (Wildman–Crippen MR) is 73.6 cm³/mol. The summed E-state index contributed by atoms with van der Waals surface area (Å²) in [5.41, 5.74) is 0.551. The molecule has 5 heteroatoms. The molecule has 1 atom stereocenters. The van der Waals surface area contributed by atoms with Gasteiger partial charge in [0.25, 0.3) is 5.91 Å². The molecule has 96 valence electrons. The van der Waals surface area contributed by atoms with Crippen LogP contribution in [0.3, 0.4) is 0 Å². The minimum Gasteiger partial charge on any atom is -0.465 e. The van der Waals surface area contributed by atoms with Gasteiger partial charge in [0, 0.05) is 19.2 Å². The van der Waals surface area contributed by atoms with Crippen LogP contribution in [-0.2, 0) is 4.79 Å². The van der Waals surface area contributed by atoms with E-state index in [0.717, 1.165) is 6.42 Å². The Balaban J connectivity index is 2.34. The third-order valence-electron chi connectivity index (χ3n) is 3.15. The van der Waals surface area contributed by atoms with Crippen molar-refractivity contribution in [2.45, 2.75) is 26.3 Å². The maximum atomic E-state index is 12.3. The van der Waals surface area contributed by atoms with E-state index in [-0.39, 0.29) is 11.9 Å². The van der Waals surface area contributed by atoms with Crippen LogP contribution in [0.2, 0.25) is 0 Å². The fourth-order valence-electron chi connectivity index (χ4n) is 1.86. The summed E-state index contributed by atoms with van der Waals surface area (Å²) in [5, 5.41) is 0.548. The molecule has 1 aromatic heterocycles. The van der Waals surface area contributed by atoms with Crippen molar-refractivity contribution in [3.63, 3.8) is 0 Å². The topological polar surface area (TPSA) is 36.7 Å². The van der Waals surface area contributed by atoms with Gasteiger partial charge >= 0.3 is 0 Å². The van der Waals surface area contributed by atoms with Gasteiger partial charge in [-0.2, -0.15) is 0 Å². The number of thiocarbonyl (C=S) groups is 1. The highest BCUT2D eigenvalue weighted by atomic mass is 32.1. The Morgan fingerprint density at radius 3 is 2.83 bits per heavy atom. The second-order valence-electron chi connectivity index (χ2n) is 4.32. The number of likely N-dealkylation sites (N-methyl/N-ethyl adjacent to an activating group) is 1. The average molecular weight is 264 g/mol. The molecule has 1 aliphatic heterocycles. The lowest BCUT2D eigenvalue weighted by atomic mass is 10.2. The van der Waals surface area contributed by atoms with E-state index in [2.05, 4.69) is 0 Å². The molecule has 0 saturated carbocycles. The third-order valence-corrected chi connectivity index (χ3v) is 3.62. The largest absolute Gasteiger partial charge is 0.465 e. The van der Waals surface area contributed by atoms with Crippen LogP contribution in [0.1, 0.15) is 26.0 Å². The Labute approximate surface area is 112 Å². The molecule has 0 aromatic carbocycles. The molecule has 0 unspecified atom stereocenters. The molecule has 2 heterocycles. The van der Waals surface area contributed by atoms with Gasteiger partial charge in [-0.05, 0) is 37.7 Å². The van der Waals surface area contributed by atoms with Crippen LogP contribution in [0.15, 0.2) is 28.5 Å². The molecule has 1 fully saturated rings. The van der Waals surface area contributed by atoms with Crippen LogP contribution in [0.5, 0.6) is 0 Å². The van der Waals surface area contributed by atoms with Gasteiger partial charge in [0.05, 0.1) is 6.26 Å². The van der Waals surface area contributed by atoms with E-state index in [0.29, 0.717) is 16.6 Å². The summed E-state index contributed by atoms with van der Waals surface area (Å²) in [7, 11) is 1.80. The van der Waals surface area contributed by atoms with E-state index < -0.39 is 0 Å². The fraction of sp³-hybridized carbons (Fsp3) is 0.385. The van der Waals surface area contributed by atoms with Gasteiger partial charge in [0.1, 0.15) is 11.5 Å². The lowest BCUT2D eigenvalue weighted by molar-refractivity contribution is -0.123. The van der Waals surface area contributed by atoms with Crippen molar-refractivity contribution >= 4 is 29.3 Å². The zero-order chi connectivity index (χ0) is 13.3. The van der Waals surface area contributed by atoms with E-state index >= 15 is 0 Å². The zero-order valence-corrected chi connectivity index (χ0v) is 11.5. The third kappa shape index (κ3) is 2.06. The summed E-state index contributed by atoms with van der Waals surface area (Å²) in [4.78, 5) is 15.7. The van der Waals surface area contributed by atoms with Crippen LogP contribution < -0.4 is 0 Å². The van der Waals surface area contributed by atoms with Crippen LogP contribution in [0.25, 0.3) is 6.08 Å². The minimum absolute atomic E-state index is 0.0618. The number of rotatable bonds is 3. The van der Waals surface area contributed by atoms with E-state index in [1.807, 2.05) is 19.9 Å². The first-order valence-corrected chi connectivity index (χ1v) is 6.33. The summed E-state index contributed by atoms with van der Waals surface area (Å²) in [6.45, 7) is 4.03. The van der Waals surface area contributed by atoms with Crippen molar-refractivity contribution in [1.29, 1.82) is 0 Å². The normalized spacial score (nSPS) is 20.1. The number of hydrogen-bond donors (Lipinski definition) is 0. The Hall–Kier alpha value is -1.62. The number of nitrogens with zero attached hydrogens (tertiary/aromatic N) is 2. The van der Waals surface area contributed by atoms with Gasteiger partial charge in [-0.3, -0.25) is 9.69 Å². The van der Waals surface area contributed by atoms with Gasteiger partial charge in [0.15, 0.2) is 5.11 Å². The summed E-state index contributed by atoms with van der Waals surface area (Å²) in [6, 6.07) is 3.70. The van der Waals surface area contributed by atoms with E-state index in [9.17, 15) is 4.79 Å². The first-order chi connectivity index (χ1) is 8.56. The summed E-state index contributed by atoms with van der Waals surface area (Å²) >= 11 is 5.32. The van der Waals surface area contributed by atoms with Gasteiger partial charge < -0.3 is 9.32 Å². The van der Waals surface area contributed by atoms with Crippen molar-refractivity contribution in [3.8, 4) is 0 Å². The highest BCUT2D eigenvalue weighted by molar-refractivity contribution is 7.80. The monoisotopic (exact) mass is 264 g/mol. The summed E-state index contributed by atoms with van der Waals surface area (Å²) in [5.74, 6) is 0.590. The van der Waals surface area contributed by atoms with E-state index in [1.54, 1.807) is 35.3 Å². The van der Waals surface area contributed by atoms with Crippen LogP contribution >= 0.6 is 12.2 Å². The molecule has 18 heavy (non-hydrogen) atoms. The molecule has 0 bridgehead atoms. The standard InChI is InChI=1S/C13H16N2O2S/c1-4-9(2)15-12(16)11(14(3)13(15)18)8-10-6-5-7-17-10/h5-9H,4H2,1-3H3/b11-8+/t9-/m1/s1. The molecule has 1 aromatic rings. The Morgan fingerprint density at radius 2 is 2.28 bits per heavy atom. The number of hydrogen-bond acceptors (Lipinski definition) is 3. The van der Waals surface area contributed by atoms with Gasteiger partial charge in [-0.1, -0.05) is 6.92 Å². The summed E-state index contributed by atoms with van der Waals surface area (Å²) in [6.07, 6.45) is 4.17. The number of carbonyl (C=O) groups is 1. The Kier molecular flexibility index (Phi) is 3.52. The minimum atomic E-state index is -0.0618. The molecule has 0 N–H and O–H groups in total. The molecule has 1 amide bonds. The molecule has 0 aliphatic carbocycles. The van der Waals surface area contributed by atoms with Gasteiger partial charge in [-0.25, -0.2) is 0 Å². The van der Waals surface area contributed by atoms with E-state index in [1.165, 1.54) is 0 Å². The first kappa shape index (κ1) is 12.8. The van der Waals surface area contributed by atoms with Crippen molar-refractivity contribution in [1.82, 2.24) is 9.80 Å². The number of furan rings is 1. The van der Waals surface area contributed by atoms with Crippen LogP contribution in [0, 0.1) is 0 Å². The second kappa shape index (κ2) is 4.94. The second-order valence-corrected chi connectivity index (χ2v) is 4.68.